The van der Waals surface area contributed by atoms with E-state index in [1.54, 1.807) is 0 Å². The van der Waals surface area contributed by atoms with Gasteiger partial charge in [-0.05, 0) is 110 Å². The molecule has 6 rings (SSSR count). The molecule has 0 N–H and O–H groups in total. The Morgan fingerprint density at radius 2 is 0.617 bits per heavy atom. The lowest BCUT2D eigenvalue weighted by molar-refractivity contribution is 0.206. The highest BCUT2D eigenvalue weighted by Crippen LogP contribution is 2.43. The van der Waals surface area contributed by atoms with E-state index >= 15 is 0 Å². The van der Waals surface area contributed by atoms with Gasteiger partial charge in [-0.15, -0.1) is 0 Å². The minimum atomic E-state index is 1.01. The van der Waals surface area contributed by atoms with E-state index in [4.69, 9.17) is 0 Å². The van der Waals surface area contributed by atoms with Crippen molar-refractivity contribution in [1.82, 2.24) is 0 Å². The maximum absolute atomic E-state index is 2.39. The van der Waals surface area contributed by atoms with E-state index in [2.05, 4.69) is 83.1 Å². The molecule has 0 amide bonds. The second kappa shape index (κ2) is 26.8. The highest BCUT2D eigenvalue weighted by molar-refractivity contribution is 4.83. The monoisotopic (exact) mass is 659 g/mol. The fraction of sp³-hybridized carbons (Fsp3) is 1.00. The van der Waals surface area contributed by atoms with Gasteiger partial charge in [0.1, 0.15) is 0 Å². The van der Waals surface area contributed by atoms with Gasteiger partial charge in [-0.3, -0.25) is 0 Å². The Labute approximate surface area is 301 Å². The van der Waals surface area contributed by atoms with Crippen molar-refractivity contribution in [2.24, 2.45) is 71.0 Å². The largest absolute Gasteiger partial charge is 0.0651 e. The maximum atomic E-state index is 2.39. The second-order valence-corrected chi connectivity index (χ2v) is 18.9. The second-order valence-electron chi connectivity index (χ2n) is 18.9. The number of hydrogen-bond donors (Lipinski definition) is 0. The first-order valence-electron chi connectivity index (χ1n) is 22.4. The van der Waals surface area contributed by atoms with Crippen molar-refractivity contribution in [3.63, 3.8) is 0 Å². The highest BCUT2D eigenvalue weighted by atomic mass is 14.4. The summed E-state index contributed by atoms with van der Waals surface area (Å²) >= 11 is 0. The molecular formula is C47H94. The summed E-state index contributed by atoms with van der Waals surface area (Å²) in [6.07, 6.45) is 33.8. The van der Waals surface area contributed by atoms with Crippen molar-refractivity contribution < 1.29 is 0 Å². The Bertz CT molecular complexity index is 651. The van der Waals surface area contributed by atoms with E-state index in [1.165, 1.54) is 148 Å². The first-order valence-corrected chi connectivity index (χ1v) is 22.4. The average Bonchev–Trinajstić information content (AvgIpc) is 3.71. The van der Waals surface area contributed by atoms with Gasteiger partial charge >= 0.3 is 0 Å². The van der Waals surface area contributed by atoms with Crippen LogP contribution in [0, 0.1) is 71.0 Å². The van der Waals surface area contributed by atoms with Gasteiger partial charge < -0.3 is 0 Å². The van der Waals surface area contributed by atoms with E-state index < -0.39 is 0 Å². The van der Waals surface area contributed by atoms with Gasteiger partial charge in [-0.25, -0.2) is 0 Å². The Kier molecular flexibility index (Phi) is 25.6. The molecule has 0 bridgehead atoms. The summed E-state index contributed by atoms with van der Waals surface area (Å²) in [5.41, 5.74) is 0. The first-order chi connectivity index (χ1) is 22.4. The van der Waals surface area contributed by atoms with Crippen LogP contribution in [0.15, 0.2) is 0 Å². The van der Waals surface area contributed by atoms with Crippen LogP contribution in [0.25, 0.3) is 0 Å². The topological polar surface area (TPSA) is 0 Å². The molecule has 8 atom stereocenters. The summed E-state index contributed by atoms with van der Waals surface area (Å²) in [4.78, 5) is 0. The molecule has 0 radical (unpaired) electrons. The summed E-state index contributed by atoms with van der Waals surface area (Å²) in [7, 11) is 0. The minimum Gasteiger partial charge on any atom is -0.0651 e. The SMILES string of the molecule is CC1CCC(C)CC1.CC1CCCC(C)C1.CCC1CC(C)C1.CCC1CC1CC.CCC1CCC(C)C1.CCC1CCCC(C)C1. The Balaban J connectivity index is 0.000000283. The van der Waals surface area contributed by atoms with Crippen LogP contribution in [0.4, 0.5) is 0 Å². The van der Waals surface area contributed by atoms with Crippen molar-refractivity contribution in [2.45, 2.75) is 231 Å². The van der Waals surface area contributed by atoms with Gasteiger partial charge in [-0.2, -0.15) is 0 Å². The fourth-order valence-electron chi connectivity index (χ4n) is 9.50. The summed E-state index contributed by atoms with van der Waals surface area (Å²) in [5, 5.41) is 0. The number of hydrogen-bond acceptors (Lipinski definition) is 0. The molecule has 0 saturated heterocycles. The van der Waals surface area contributed by atoms with Crippen molar-refractivity contribution in [3.05, 3.63) is 0 Å². The van der Waals surface area contributed by atoms with Crippen molar-refractivity contribution in [3.8, 4) is 0 Å². The fourth-order valence-corrected chi connectivity index (χ4v) is 9.50. The lowest BCUT2D eigenvalue weighted by Gasteiger charge is -2.31. The molecule has 6 aliphatic rings. The average molecular weight is 659 g/mol. The van der Waals surface area contributed by atoms with Crippen molar-refractivity contribution in [2.75, 3.05) is 0 Å². The lowest BCUT2D eigenvalue weighted by Crippen LogP contribution is -2.19. The van der Waals surface area contributed by atoms with E-state index in [0.717, 1.165) is 71.0 Å². The van der Waals surface area contributed by atoms with Gasteiger partial charge in [0.2, 0.25) is 0 Å². The van der Waals surface area contributed by atoms with E-state index in [0.29, 0.717) is 0 Å². The minimum absolute atomic E-state index is 1.01. The zero-order valence-electron chi connectivity index (χ0n) is 35.2. The Morgan fingerprint density at radius 3 is 0.851 bits per heavy atom. The van der Waals surface area contributed by atoms with E-state index in [-0.39, 0.29) is 0 Å². The van der Waals surface area contributed by atoms with Gasteiger partial charge in [0, 0.05) is 0 Å². The predicted octanol–water partition coefficient (Wildman–Crippen LogP) is 16.6. The van der Waals surface area contributed by atoms with Crippen LogP contribution in [0.2, 0.25) is 0 Å². The van der Waals surface area contributed by atoms with Gasteiger partial charge in [0.25, 0.3) is 0 Å². The van der Waals surface area contributed by atoms with Crippen LogP contribution >= 0.6 is 0 Å². The summed E-state index contributed by atoms with van der Waals surface area (Å²) in [6.45, 7) is 28.1. The molecule has 0 aliphatic heterocycles. The lowest BCUT2D eigenvalue weighted by atomic mass is 9.75. The zero-order valence-corrected chi connectivity index (χ0v) is 35.2. The molecule has 0 heteroatoms. The van der Waals surface area contributed by atoms with Crippen LogP contribution < -0.4 is 0 Å². The molecule has 282 valence electrons. The third-order valence-electron chi connectivity index (χ3n) is 13.7. The molecule has 0 aromatic heterocycles. The van der Waals surface area contributed by atoms with Gasteiger partial charge in [0.15, 0.2) is 0 Å². The molecule has 0 aromatic rings. The summed E-state index contributed by atoms with van der Waals surface area (Å²) in [5.74, 6) is 12.6. The molecule has 6 saturated carbocycles. The van der Waals surface area contributed by atoms with Crippen LogP contribution in [-0.2, 0) is 0 Å². The zero-order chi connectivity index (χ0) is 35.2. The van der Waals surface area contributed by atoms with Crippen LogP contribution in [0.5, 0.6) is 0 Å². The highest BCUT2D eigenvalue weighted by Gasteiger charge is 2.32. The normalized spacial score (nSPS) is 38.8. The molecule has 0 spiro atoms. The van der Waals surface area contributed by atoms with Crippen molar-refractivity contribution >= 4 is 0 Å². The quantitative estimate of drug-likeness (QED) is 0.276. The summed E-state index contributed by atoms with van der Waals surface area (Å²) < 4.78 is 0. The Morgan fingerprint density at radius 1 is 0.277 bits per heavy atom. The smallest absolute Gasteiger partial charge is 0.0386 e. The van der Waals surface area contributed by atoms with Crippen LogP contribution in [-0.4, -0.2) is 0 Å². The van der Waals surface area contributed by atoms with Gasteiger partial charge in [0.05, 0.1) is 0 Å². The first kappa shape index (κ1) is 45.0. The molecule has 6 fully saturated rings. The third-order valence-corrected chi connectivity index (χ3v) is 13.7. The molecule has 0 heterocycles. The molecule has 6 aliphatic carbocycles. The molecule has 47 heavy (non-hydrogen) atoms. The molecule has 0 nitrogen and oxygen atoms in total. The maximum Gasteiger partial charge on any atom is -0.0386 e. The van der Waals surface area contributed by atoms with E-state index in [1.807, 2.05) is 0 Å². The molecule has 8 unspecified atom stereocenters. The van der Waals surface area contributed by atoms with E-state index in [9.17, 15) is 0 Å². The standard InChI is InChI=1S/C9H18.3C8H16.2C7H14/c1-3-9-6-4-5-8(2)7-9;1-7-3-5-8(2)6-4-7;1-7-4-3-5-8(2)6-7;1-3-8-5-4-7(2)6-8;1-3-7-4-6(2)5-7;1-3-6-5-7(6)4-2/h8-9H,3-7H2,1-2H3;3*7-8H,3-6H2,1-2H3;2*6-7H,3-5H2,1-2H3. The van der Waals surface area contributed by atoms with Crippen molar-refractivity contribution in [1.29, 1.82) is 0 Å². The summed E-state index contributed by atoms with van der Waals surface area (Å²) in [6, 6.07) is 0. The van der Waals surface area contributed by atoms with Crippen LogP contribution in [0.3, 0.4) is 0 Å². The third kappa shape index (κ3) is 22.4. The van der Waals surface area contributed by atoms with Crippen LogP contribution in [0.1, 0.15) is 231 Å². The molecular weight excluding hydrogens is 565 g/mol. The van der Waals surface area contributed by atoms with Gasteiger partial charge in [-0.1, -0.05) is 192 Å². The molecule has 0 aromatic carbocycles. The predicted molar refractivity (Wildman–Crippen MR) is 216 cm³/mol. The Hall–Kier alpha value is 0. The number of rotatable bonds is 5.